The Labute approximate surface area is 89.0 Å². The predicted octanol–water partition coefficient (Wildman–Crippen LogP) is 0.274. The third-order valence-electron chi connectivity index (χ3n) is 3.62. The second kappa shape index (κ2) is 3.04. The van der Waals surface area contributed by atoms with Gasteiger partial charge in [-0.2, -0.15) is 0 Å². The SMILES string of the molecule is CC1CC1NC1CC(=O)N(C2CC2)C1=O. The van der Waals surface area contributed by atoms with Crippen LogP contribution in [0.3, 0.4) is 0 Å². The fourth-order valence-electron chi connectivity index (χ4n) is 2.31. The van der Waals surface area contributed by atoms with E-state index in [4.69, 9.17) is 0 Å². The van der Waals surface area contributed by atoms with E-state index in [-0.39, 0.29) is 23.9 Å². The first-order valence-corrected chi connectivity index (χ1v) is 5.79. The van der Waals surface area contributed by atoms with Crippen molar-refractivity contribution in [2.45, 2.75) is 50.7 Å². The van der Waals surface area contributed by atoms with Crippen LogP contribution in [0.25, 0.3) is 0 Å². The van der Waals surface area contributed by atoms with E-state index in [0.29, 0.717) is 18.4 Å². The molecule has 0 aromatic heterocycles. The second-order valence-electron chi connectivity index (χ2n) is 5.08. The molecule has 3 atom stereocenters. The minimum absolute atomic E-state index is 0.0154. The van der Waals surface area contributed by atoms with Crippen molar-refractivity contribution < 1.29 is 9.59 Å². The van der Waals surface area contributed by atoms with Crippen molar-refractivity contribution in [3.63, 3.8) is 0 Å². The number of nitrogens with zero attached hydrogens (tertiary/aromatic N) is 1. The number of hydrogen-bond acceptors (Lipinski definition) is 3. The van der Waals surface area contributed by atoms with E-state index in [0.717, 1.165) is 19.3 Å². The average Bonchev–Trinajstić information content (AvgIpc) is 3.05. The fraction of sp³-hybridized carbons (Fsp3) is 0.818. The normalized spacial score (nSPS) is 40.1. The molecule has 4 nitrogen and oxygen atoms in total. The van der Waals surface area contributed by atoms with Crippen LogP contribution in [0.4, 0.5) is 0 Å². The van der Waals surface area contributed by atoms with Crippen LogP contribution in [0.15, 0.2) is 0 Å². The fourth-order valence-corrected chi connectivity index (χ4v) is 2.31. The summed E-state index contributed by atoms with van der Waals surface area (Å²) in [5, 5.41) is 3.28. The van der Waals surface area contributed by atoms with E-state index in [1.165, 1.54) is 4.90 Å². The Morgan fingerprint density at radius 3 is 2.53 bits per heavy atom. The summed E-state index contributed by atoms with van der Waals surface area (Å²) in [7, 11) is 0. The summed E-state index contributed by atoms with van der Waals surface area (Å²) in [6, 6.07) is 0.465. The molecule has 0 spiro atoms. The maximum atomic E-state index is 11.9. The predicted molar refractivity (Wildman–Crippen MR) is 54.0 cm³/mol. The Kier molecular flexibility index (Phi) is 1.89. The Morgan fingerprint density at radius 2 is 2.00 bits per heavy atom. The van der Waals surface area contributed by atoms with Gasteiger partial charge in [0.2, 0.25) is 11.8 Å². The minimum Gasteiger partial charge on any atom is -0.302 e. The van der Waals surface area contributed by atoms with Gasteiger partial charge in [-0.1, -0.05) is 6.92 Å². The Morgan fingerprint density at radius 1 is 1.33 bits per heavy atom. The monoisotopic (exact) mass is 208 g/mol. The zero-order valence-electron chi connectivity index (χ0n) is 8.90. The van der Waals surface area contributed by atoms with E-state index in [9.17, 15) is 9.59 Å². The van der Waals surface area contributed by atoms with Crippen molar-refractivity contribution in [1.29, 1.82) is 0 Å². The molecule has 1 saturated heterocycles. The molecule has 0 aromatic carbocycles. The third-order valence-corrected chi connectivity index (χ3v) is 3.62. The van der Waals surface area contributed by atoms with Crippen LogP contribution in [-0.2, 0) is 9.59 Å². The van der Waals surface area contributed by atoms with Crippen LogP contribution in [-0.4, -0.2) is 34.8 Å². The Hall–Kier alpha value is -0.900. The first-order chi connectivity index (χ1) is 7.16. The summed E-state index contributed by atoms with van der Waals surface area (Å²) in [6.45, 7) is 2.16. The molecule has 4 heteroatoms. The number of imide groups is 1. The molecule has 3 aliphatic rings. The molecule has 82 valence electrons. The zero-order chi connectivity index (χ0) is 10.6. The number of rotatable bonds is 3. The van der Waals surface area contributed by atoms with Gasteiger partial charge in [0.15, 0.2) is 0 Å². The molecule has 2 aliphatic carbocycles. The quantitative estimate of drug-likeness (QED) is 0.677. The number of amides is 2. The molecule has 3 rings (SSSR count). The van der Waals surface area contributed by atoms with Gasteiger partial charge >= 0.3 is 0 Å². The first-order valence-electron chi connectivity index (χ1n) is 5.79. The average molecular weight is 208 g/mol. The smallest absolute Gasteiger partial charge is 0.247 e. The maximum absolute atomic E-state index is 11.9. The van der Waals surface area contributed by atoms with Crippen molar-refractivity contribution in [3.8, 4) is 0 Å². The van der Waals surface area contributed by atoms with Crippen LogP contribution in [0, 0.1) is 5.92 Å². The molecule has 2 saturated carbocycles. The van der Waals surface area contributed by atoms with Gasteiger partial charge in [-0.25, -0.2) is 0 Å². The summed E-state index contributed by atoms with van der Waals surface area (Å²) in [5.41, 5.74) is 0. The number of nitrogens with one attached hydrogen (secondary N) is 1. The van der Waals surface area contributed by atoms with Crippen LogP contribution in [0.5, 0.6) is 0 Å². The standard InChI is InChI=1S/C11H16N2O2/c1-6-4-8(6)12-9-5-10(14)13(11(9)15)7-2-3-7/h6-9,12H,2-5H2,1H3. The van der Waals surface area contributed by atoms with Crippen LogP contribution in [0.1, 0.15) is 32.6 Å². The van der Waals surface area contributed by atoms with Crippen molar-refractivity contribution in [2.75, 3.05) is 0 Å². The van der Waals surface area contributed by atoms with Crippen LogP contribution >= 0.6 is 0 Å². The van der Waals surface area contributed by atoms with E-state index < -0.39 is 0 Å². The second-order valence-corrected chi connectivity index (χ2v) is 5.08. The molecule has 0 radical (unpaired) electrons. The molecule has 1 heterocycles. The summed E-state index contributed by atoms with van der Waals surface area (Å²) >= 11 is 0. The highest BCUT2D eigenvalue weighted by atomic mass is 16.2. The highest BCUT2D eigenvalue weighted by Gasteiger charge is 2.48. The van der Waals surface area contributed by atoms with Gasteiger partial charge in [-0.05, 0) is 25.2 Å². The minimum atomic E-state index is -0.229. The van der Waals surface area contributed by atoms with E-state index >= 15 is 0 Å². The van der Waals surface area contributed by atoms with Crippen LogP contribution < -0.4 is 5.32 Å². The number of carbonyl (C=O) groups is 2. The lowest BCUT2D eigenvalue weighted by Crippen LogP contribution is -2.40. The molecule has 1 N–H and O–H groups in total. The molecule has 15 heavy (non-hydrogen) atoms. The van der Waals surface area contributed by atoms with Gasteiger partial charge in [0.25, 0.3) is 0 Å². The molecule has 0 aromatic rings. The Balaban J connectivity index is 1.65. The largest absolute Gasteiger partial charge is 0.302 e. The highest BCUT2D eigenvalue weighted by Crippen LogP contribution is 2.34. The summed E-state index contributed by atoms with van der Waals surface area (Å²) in [6.07, 6.45) is 3.52. The van der Waals surface area contributed by atoms with E-state index in [1.807, 2.05) is 0 Å². The molecular weight excluding hydrogens is 192 g/mol. The van der Waals surface area contributed by atoms with Crippen molar-refractivity contribution >= 4 is 11.8 Å². The maximum Gasteiger partial charge on any atom is 0.247 e. The Bertz CT molecular complexity index is 325. The van der Waals surface area contributed by atoms with Crippen molar-refractivity contribution in [3.05, 3.63) is 0 Å². The molecule has 3 fully saturated rings. The van der Waals surface area contributed by atoms with Gasteiger partial charge in [0, 0.05) is 12.1 Å². The lowest BCUT2D eigenvalue weighted by Gasteiger charge is -2.14. The summed E-state index contributed by atoms with van der Waals surface area (Å²) in [4.78, 5) is 25.0. The van der Waals surface area contributed by atoms with Crippen molar-refractivity contribution in [1.82, 2.24) is 10.2 Å². The van der Waals surface area contributed by atoms with Gasteiger partial charge in [-0.15, -0.1) is 0 Å². The summed E-state index contributed by atoms with van der Waals surface area (Å²) < 4.78 is 0. The topological polar surface area (TPSA) is 49.4 Å². The van der Waals surface area contributed by atoms with Gasteiger partial charge < -0.3 is 5.32 Å². The number of carbonyl (C=O) groups excluding carboxylic acids is 2. The highest BCUT2D eigenvalue weighted by molar-refractivity contribution is 6.06. The third kappa shape index (κ3) is 1.57. The van der Waals surface area contributed by atoms with Crippen LogP contribution in [0.2, 0.25) is 0 Å². The van der Waals surface area contributed by atoms with E-state index in [2.05, 4.69) is 12.2 Å². The van der Waals surface area contributed by atoms with E-state index in [1.54, 1.807) is 0 Å². The van der Waals surface area contributed by atoms with Gasteiger partial charge in [-0.3, -0.25) is 14.5 Å². The zero-order valence-corrected chi connectivity index (χ0v) is 8.90. The van der Waals surface area contributed by atoms with Gasteiger partial charge in [0.05, 0.1) is 12.5 Å². The molecule has 0 bridgehead atoms. The lowest BCUT2D eigenvalue weighted by atomic mass is 10.2. The number of hydrogen-bond donors (Lipinski definition) is 1. The number of likely N-dealkylation sites (tertiary alicyclic amines) is 1. The summed E-state index contributed by atoms with van der Waals surface area (Å²) in [5.74, 6) is 0.706. The molecule has 3 unspecified atom stereocenters. The van der Waals surface area contributed by atoms with Crippen molar-refractivity contribution in [2.24, 2.45) is 5.92 Å². The lowest BCUT2D eigenvalue weighted by molar-refractivity contribution is -0.139. The molecule has 1 aliphatic heterocycles. The first kappa shape index (κ1) is 9.33. The molecular formula is C11H16N2O2. The molecule has 2 amide bonds. The van der Waals surface area contributed by atoms with Gasteiger partial charge in [0.1, 0.15) is 0 Å².